The Morgan fingerprint density at radius 1 is 1.50 bits per heavy atom. The van der Waals surface area contributed by atoms with Crippen molar-refractivity contribution in [1.82, 2.24) is 20.1 Å². The van der Waals surface area contributed by atoms with E-state index in [2.05, 4.69) is 20.1 Å². The van der Waals surface area contributed by atoms with E-state index >= 15 is 0 Å². The predicted octanol–water partition coefficient (Wildman–Crippen LogP) is 2.40. The average molecular weight is 388 g/mol. The molecule has 0 spiro atoms. The smallest absolute Gasteiger partial charge is 0.297 e. The second-order valence-electron chi connectivity index (χ2n) is 5.64. The molecule has 1 fully saturated rings. The molecule has 0 aliphatic heterocycles. The van der Waals surface area contributed by atoms with Crippen molar-refractivity contribution < 1.29 is 18.3 Å². The number of alkyl halides is 2. The van der Waals surface area contributed by atoms with E-state index in [1.165, 1.54) is 0 Å². The van der Waals surface area contributed by atoms with Gasteiger partial charge in [-0.05, 0) is 37.6 Å². The zero-order valence-electron chi connectivity index (χ0n) is 14.1. The van der Waals surface area contributed by atoms with Gasteiger partial charge < -0.3 is 15.8 Å². The fourth-order valence-electron chi connectivity index (χ4n) is 2.13. The standard InChI is InChI=1S/C12H14ClF2N5.C4H6O2/c1-17-5-9(16)7-2-3-8(13)10(4-7)20-12(11(14)15)18-6-19-20;5-3-6-4-1-2-4/h2-4,6,9,11,17H,5,16H2,1H3;3-4H,1-2H2. The molecule has 1 atom stereocenters. The third kappa shape index (κ3) is 5.45. The van der Waals surface area contributed by atoms with Crippen LogP contribution < -0.4 is 11.1 Å². The molecule has 7 nitrogen and oxygen atoms in total. The van der Waals surface area contributed by atoms with Crippen LogP contribution in [-0.2, 0) is 9.53 Å². The molecule has 1 saturated carbocycles. The van der Waals surface area contributed by atoms with Gasteiger partial charge >= 0.3 is 0 Å². The summed E-state index contributed by atoms with van der Waals surface area (Å²) in [5.41, 5.74) is 7.09. The fraction of sp³-hybridized carbons (Fsp3) is 0.438. The monoisotopic (exact) mass is 387 g/mol. The first kappa shape index (κ1) is 20.2. The lowest BCUT2D eigenvalue weighted by atomic mass is 10.1. The summed E-state index contributed by atoms with van der Waals surface area (Å²) in [4.78, 5) is 13.0. The molecule has 1 aliphatic carbocycles. The second kappa shape index (κ2) is 9.56. The van der Waals surface area contributed by atoms with Crippen LogP contribution in [0.1, 0.15) is 36.7 Å². The lowest BCUT2D eigenvalue weighted by Crippen LogP contribution is -2.24. The quantitative estimate of drug-likeness (QED) is 0.708. The molecule has 1 heterocycles. The first-order valence-electron chi connectivity index (χ1n) is 7.95. The largest absolute Gasteiger partial charge is 0.465 e. The van der Waals surface area contributed by atoms with Gasteiger partial charge in [0, 0.05) is 12.6 Å². The molecule has 0 amide bonds. The Hall–Kier alpha value is -2.10. The Morgan fingerprint density at radius 2 is 2.23 bits per heavy atom. The molecule has 1 aromatic carbocycles. The van der Waals surface area contributed by atoms with E-state index in [4.69, 9.17) is 17.3 Å². The molecule has 0 radical (unpaired) electrons. The molecule has 0 bridgehead atoms. The van der Waals surface area contributed by atoms with Crippen LogP contribution in [0.5, 0.6) is 0 Å². The number of likely N-dealkylation sites (N-methyl/N-ethyl adjacent to an activating group) is 1. The highest BCUT2D eigenvalue weighted by molar-refractivity contribution is 6.32. The minimum Gasteiger partial charge on any atom is -0.465 e. The number of hydrogen-bond acceptors (Lipinski definition) is 6. The number of halogens is 3. The lowest BCUT2D eigenvalue weighted by molar-refractivity contribution is -0.129. The molecule has 1 unspecified atom stereocenters. The number of ether oxygens (including phenoxy) is 1. The summed E-state index contributed by atoms with van der Waals surface area (Å²) >= 11 is 6.06. The van der Waals surface area contributed by atoms with Crippen LogP contribution >= 0.6 is 11.6 Å². The van der Waals surface area contributed by atoms with Crippen molar-refractivity contribution in [2.45, 2.75) is 31.4 Å². The van der Waals surface area contributed by atoms with Crippen molar-refractivity contribution >= 4 is 18.1 Å². The second-order valence-corrected chi connectivity index (χ2v) is 6.04. The van der Waals surface area contributed by atoms with Gasteiger partial charge in [-0.25, -0.2) is 18.4 Å². The number of aromatic nitrogens is 3. The maximum absolute atomic E-state index is 12.9. The number of carbonyl (C=O) groups is 1. The molecule has 10 heteroatoms. The van der Waals surface area contributed by atoms with Gasteiger partial charge in [-0.3, -0.25) is 4.79 Å². The number of rotatable bonds is 7. The zero-order chi connectivity index (χ0) is 19.1. The minimum atomic E-state index is -2.73. The van der Waals surface area contributed by atoms with Crippen molar-refractivity contribution in [2.75, 3.05) is 13.6 Å². The number of nitrogens with zero attached hydrogens (tertiary/aromatic N) is 3. The normalized spacial score (nSPS) is 14.5. The van der Waals surface area contributed by atoms with Crippen molar-refractivity contribution in [1.29, 1.82) is 0 Å². The van der Waals surface area contributed by atoms with Gasteiger partial charge in [0.05, 0.1) is 10.7 Å². The van der Waals surface area contributed by atoms with Crippen LogP contribution in [0.2, 0.25) is 5.02 Å². The SMILES string of the molecule is CNCC(N)c1ccc(Cl)c(-n2ncnc2C(F)F)c1.O=COC1CC1. The summed E-state index contributed by atoms with van der Waals surface area (Å²) in [6, 6.07) is 4.74. The highest BCUT2D eigenvalue weighted by Crippen LogP contribution is 2.27. The minimum absolute atomic E-state index is 0.269. The summed E-state index contributed by atoms with van der Waals surface area (Å²) in [5.74, 6) is -0.453. The third-order valence-electron chi connectivity index (χ3n) is 3.59. The topological polar surface area (TPSA) is 95.1 Å². The molecule has 3 N–H and O–H groups in total. The Labute approximate surface area is 154 Å². The Morgan fingerprint density at radius 3 is 2.77 bits per heavy atom. The van der Waals surface area contributed by atoms with Gasteiger partial charge in [0.1, 0.15) is 12.4 Å². The third-order valence-corrected chi connectivity index (χ3v) is 3.91. The molecule has 3 rings (SSSR count). The molecule has 26 heavy (non-hydrogen) atoms. The van der Waals surface area contributed by atoms with Gasteiger partial charge in [0.25, 0.3) is 12.9 Å². The van der Waals surface area contributed by atoms with Gasteiger partial charge in [0.2, 0.25) is 0 Å². The van der Waals surface area contributed by atoms with E-state index in [9.17, 15) is 13.6 Å². The van der Waals surface area contributed by atoms with E-state index in [0.717, 1.165) is 29.4 Å². The molecular weight excluding hydrogens is 368 g/mol. The summed E-state index contributed by atoms with van der Waals surface area (Å²) in [5, 5.41) is 7.05. The molecule has 1 aliphatic rings. The van der Waals surface area contributed by atoms with E-state index in [-0.39, 0.29) is 12.1 Å². The maximum atomic E-state index is 12.9. The first-order valence-corrected chi connectivity index (χ1v) is 8.32. The summed E-state index contributed by atoms with van der Waals surface area (Å²) in [6.45, 7) is 1.07. The van der Waals surface area contributed by atoms with Gasteiger partial charge in [0.15, 0.2) is 5.82 Å². The summed E-state index contributed by atoms with van der Waals surface area (Å²) in [6.07, 6.45) is 0.751. The van der Waals surface area contributed by atoms with E-state index in [1.807, 2.05) is 0 Å². The van der Waals surface area contributed by atoms with Crippen LogP contribution in [0.25, 0.3) is 5.69 Å². The molecular formula is C16H20ClF2N5O2. The summed E-state index contributed by atoms with van der Waals surface area (Å²) < 4.78 is 31.2. The fourth-order valence-corrected chi connectivity index (χ4v) is 2.33. The molecule has 142 valence electrons. The van der Waals surface area contributed by atoms with Gasteiger partial charge in [-0.15, -0.1) is 0 Å². The number of carbonyl (C=O) groups excluding carboxylic acids is 1. The van der Waals surface area contributed by atoms with Crippen LogP contribution in [0, 0.1) is 0 Å². The Balaban J connectivity index is 0.000000342. The van der Waals surface area contributed by atoms with Crippen LogP contribution in [-0.4, -0.2) is 40.9 Å². The highest BCUT2D eigenvalue weighted by atomic mass is 35.5. The zero-order valence-corrected chi connectivity index (χ0v) is 14.9. The number of benzene rings is 1. The highest BCUT2D eigenvalue weighted by Gasteiger charge is 2.22. The first-order chi connectivity index (χ1) is 12.5. The van der Waals surface area contributed by atoms with Crippen molar-refractivity contribution in [3.05, 3.63) is 40.9 Å². The number of nitrogens with two attached hydrogens (primary N) is 1. The van der Waals surface area contributed by atoms with Crippen molar-refractivity contribution in [2.24, 2.45) is 5.73 Å². The van der Waals surface area contributed by atoms with Gasteiger partial charge in [-0.2, -0.15) is 5.10 Å². The predicted molar refractivity (Wildman–Crippen MR) is 92.4 cm³/mol. The van der Waals surface area contributed by atoms with E-state index < -0.39 is 12.2 Å². The molecule has 1 aromatic heterocycles. The maximum Gasteiger partial charge on any atom is 0.297 e. The average Bonchev–Trinajstić information content (AvgIpc) is 3.29. The van der Waals surface area contributed by atoms with Crippen LogP contribution in [0.4, 0.5) is 8.78 Å². The van der Waals surface area contributed by atoms with Crippen molar-refractivity contribution in [3.8, 4) is 5.69 Å². The van der Waals surface area contributed by atoms with Crippen LogP contribution in [0.3, 0.4) is 0 Å². The Kier molecular flexibility index (Phi) is 7.43. The summed E-state index contributed by atoms with van der Waals surface area (Å²) in [7, 11) is 1.78. The molecule has 2 aromatic rings. The number of hydrogen-bond donors (Lipinski definition) is 2. The van der Waals surface area contributed by atoms with Crippen LogP contribution in [0.15, 0.2) is 24.5 Å². The number of nitrogens with one attached hydrogen (secondary N) is 1. The van der Waals surface area contributed by atoms with E-state index in [1.54, 1.807) is 25.2 Å². The lowest BCUT2D eigenvalue weighted by Gasteiger charge is -2.14. The molecule has 0 saturated heterocycles. The van der Waals surface area contributed by atoms with Gasteiger partial charge in [-0.1, -0.05) is 17.7 Å². The van der Waals surface area contributed by atoms with Crippen molar-refractivity contribution in [3.63, 3.8) is 0 Å². The van der Waals surface area contributed by atoms with E-state index in [0.29, 0.717) is 23.7 Å². The Bertz CT molecular complexity index is 724.